The number of rotatable bonds is 6. The van der Waals surface area contributed by atoms with E-state index in [1.54, 1.807) is 6.20 Å². The Morgan fingerprint density at radius 2 is 2.21 bits per heavy atom. The first kappa shape index (κ1) is 13.9. The molecule has 0 fully saturated rings. The highest BCUT2D eigenvalue weighted by atomic mass is 32.1. The first-order valence-electron chi connectivity index (χ1n) is 6.36. The maximum Gasteiger partial charge on any atom is 0.137 e. The highest BCUT2D eigenvalue weighted by Gasteiger charge is 2.19. The second-order valence-corrected chi connectivity index (χ2v) is 4.89. The van der Waals surface area contributed by atoms with Crippen LogP contribution < -0.4 is 10.1 Å². The second kappa shape index (κ2) is 6.58. The van der Waals surface area contributed by atoms with Crippen LogP contribution >= 0.6 is 11.5 Å². The number of nitrogens with zero attached hydrogens (tertiary/aromatic N) is 3. The first-order valence-corrected chi connectivity index (χ1v) is 7.13. The molecule has 102 valence electrons. The predicted molar refractivity (Wildman–Crippen MR) is 75.6 cm³/mol. The molecule has 5 nitrogen and oxygen atoms in total. The molecule has 19 heavy (non-hydrogen) atoms. The lowest BCUT2D eigenvalue weighted by atomic mass is 10.1. The number of aryl methyl sites for hydroxylation is 1. The number of nitrogens with one attached hydrogen (secondary N) is 1. The monoisotopic (exact) mass is 278 g/mol. The van der Waals surface area contributed by atoms with Gasteiger partial charge in [-0.05, 0) is 43.6 Å². The number of pyridine rings is 1. The van der Waals surface area contributed by atoms with E-state index >= 15 is 0 Å². The molecule has 0 saturated heterocycles. The summed E-state index contributed by atoms with van der Waals surface area (Å²) in [6.07, 6.45) is 3.59. The van der Waals surface area contributed by atoms with Crippen molar-refractivity contribution in [3.8, 4) is 5.75 Å². The quantitative estimate of drug-likeness (QED) is 0.879. The standard InChI is InChI=1S/C13H18N4OS/c1-4-15-12(13-9(3)16-17-19-13)10-6-11(18-5-2)8-14-7-10/h6-8,12,15H,4-5H2,1-3H3. The molecular weight excluding hydrogens is 260 g/mol. The van der Waals surface area contributed by atoms with Gasteiger partial charge in [0.15, 0.2) is 0 Å². The first-order chi connectivity index (χ1) is 9.26. The molecule has 0 spiro atoms. The number of ether oxygens (including phenoxy) is 1. The molecule has 1 N–H and O–H groups in total. The molecule has 0 aliphatic rings. The summed E-state index contributed by atoms with van der Waals surface area (Å²) in [6.45, 7) is 7.52. The molecule has 0 aliphatic heterocycles. The largest absolute Gasteiger partial charge is 0.492 e. The van der Waals surface area contributed by atoms with Crippen molar-refractivity contribution in [2.24, 2.45) is 0 Å². The molecule has 1 unspecified atom stereocenters. The van der Waals surface area contributed by atoms with Gasteiger partial charge in [0.25, 0.3) is 0 Å². The van der Waals surface area contributed by atoms with Crippen LogP contribution in [0.2, 0.25) is 0 Å². The molecule has 1 atom stereocenters. The zero-order valence-electron chi connectivity index (χ0n) is 11.4. The van der Waals surface area contributed by atoms with Crippen LogP contribution in [-0.4, -0.2) is 27.7 Å². The Morgan fingerprint density at radius 1 is 1.37 bits per heavy atom. The summed E-state index contributed by atoms with van der Waals surface area (Å²) < 4.78 is 9.51. The lowest BCUT2D eigenvalue weighted by Gasteiger charge is -2.17. The van der Waals surface area contributed by atoms with Gasteiger partial charge in [0.2, 0.25) is 0 Å². The average molecular weight is 278 g/mol. The van der Waals surface area contributed by atoms with Crippen LogP contribution in [0.25, 0.3) is 0 Å². The Labute approximate surface area is 117 Å². The molecule has 2 heterocycles. The van der Waals surface area contributed by atoms with Crippen LogP contribution in [-0.2, 0) is 0 Å². The van der Waals surface area contributed by atoms with E-state index < -0.39 is 0 Å². The van der Waals surface area contributed by atoms with Crippen LogP contribution in [0, 0.1) is 6.92 Å². The van der Waals surface area contributed by atoms with Gasteiger partial charge >= 0.3 is 0 Å². The highest BCUT2D eigenvalue weighted by Crippen LogP contribution is 2.28. The van der Waals surface area contributed by atoms with E-state index in [-0.39, 0.29) is 6.04 Å². The van der Waals surface area contributed by atoms with Crippen molar-refractivity contribution in [2.45, 2.75) is 26.8 Å². The summed E-state index contributed by atoms with van der Waals surface area (Å²) in [5.74, 6) is 0.790. The summed E-state index contributed by atoms with van der Waals surface area (Å²) in [5.41, 5.74) is 2.03. The molecule has 0 saturated carbocycles. The van der Waals surface area contributed by atoms with E-state index in [1.165, 1.54) is 11.5 Å². The number of hydrogen-bond acceptors (Lipinski definition) is 6. The summed E-state index contributed by atoms with van der Waals surface area (Å²) in [5, 5.41) is 7.53. The minimum atomic E-state index is 0.0675. The van der Waals surface area contributed by atoms with Crippen molar-refractivity contribution in [1.82, 2.24) is 19.9 Å². The van der Waals surface area contributed by atoms with E-state index in [4.69, 9.17) is 4.74 Å². The lowest BCUT2D eigenvalue weighted by Crippen LogP contribution is -2.22. The van der Waals surface area contributed by atoms with Gasteiger partial charge in [0.05, 0.1) is 29.4 Å². The van der Waals surface area contributed by atoms with E-state index in [9.17, 15) is 0 Å². The fourth-order valence-corrected chi connectivity index (χ4v) is 2.66. The van der Waals surface area contributed by atoms with Gasteiger partial charge in [-0.15, -0.1) is 5.10 Å². The van der Waals surface area contributed by atoms with Gasteiger partial charge in [0, 0.05) is 6.20 Å². The lowest BCUT2D eigenvalue weighted by molar-refractivity contribution is 0.338. The number of aromatic nitrogens is 3. The molecule has 6 heteroatoms. The van der Waals surface area contributed by atoms with Crippen LogP contribution in [0.5, 0.6) is 5.75 Å². The third-order valence-electron chi connectivity index (χ3n) is 2.74. The Kier molecular flexibility index (Phi) is 4.81. The number of hydrogen-bond donors (Lipinski definition) is 1. The Balaban J connectivity index is 2.33. The van der Waals surface area contributed by atoms with E-state index in [2.05, 4.69) is 26.8 Å². The van der Waals surface area contributed by atoms with Gasteiger partial charge in [-0.1, -0.05) is 11.4 Å². The molecule has 0 amide bonds. The van der Waals surface area contributed by atoms with Crippen molar-refractivity contribution in [1.29, 1.82) is 0 Å². The fraction of sp³-hybridized carbons (Fsp3) is 0.462. The predicted octanol–water partition coefficient (Wildman–Crippen LogP) is 2.34. The Hall–Kier alpha value is -1.53. The molecule has 2 aromatic heterocycles. The van der Waals surface area contributed by atoms with Crippen molar-refractivity contribution in [2.75, 3.05) is 13.2 Å². The Bertz CT molecular complexity index is 529. The zero-order chi connectivity index (χ0) is 13.7. The zero-order valence-corrected chi connectivity index (χ0v) is 12.2. The van der Waals surface area contributed by atoms with E-state index in [0.717, 1.165) is 28.4 Å². The maximum absolute atomic E-state index is 5.50. The molecule has 2 aromatic rings. The van der Waals surface area contributed by atoms with Crippen LogP contribution in [0.15, 0.2) is 18.5 Å². The van der Waals surface area contributed by atoms with Crippen molar-refractivity contribution in [3.63, 3.8) is 0 Å². The van der Waals surface area contributed by atoms with Gasteiger partial charge in [-0.2, -0.15) is 0 Å². The van der Waals surface area contributed by atoms with Gasteiger partial charge in [-0.3, -0.25) is 4.98 Å². The normalized spacial score (nSPS) is 12.4. The van der Waals surface area contributed by atoms with Crippen LogP contribution in [0.1, 0.15) is 36.0 Å². The minimum absolute atomic E-state index is 0.0675. The molecule has 0 aliphatic carbocycles. The summed E-state index contributed by atoms with van der Waals surface area (Å²) >= 11 is 1.42. The SMILES string of the molecule is CCNC(c1cncc(OCC)c1)c1snnc1C. The third kappa shape index (κ3) is 3.27. The molecule has 2 rings (SSSR count). The fourth-order valence-electron chi connectivity index (χ4n) is 1.91. The summed E-state index contributed by atoms with van der Waals surface area (Å²) in [4.78, 5) is 5.37. The van der Waals surface area contributed by atoms with Gasteiger partial charge in [0.1, 0.15) is 5.75 Å². The van der Waals surface area contributed by atoms with Gasteiger partial charge < -0.3 is 10.1 Å². The highest BCUT2D eigenvalue weighted by molar-refractivity contribution is 7.05. The maximum atomic E-state index is 5.50. The van der Waals surface area contributed by atoms with Crippen molar-refractivity contribution >= 4 is 11.5 Å². The minimum Gasteiger partial charge on any atom is -0.492 e. The van der Waals surface area contributed by atoms with E-state index in [0.29, 0.717) is 6.61 Å². The topological polar surface area (TPSA) is 59.9 Å². The third-order valence-corrected chi connectivity index (χ3v) is 3.63. The smallest absolute Gasteiger partial charge is 0.137 e. The molecule has 0 radical (unpaired) electrons. The van der Waals surface area contributed by atoms with Gasteiger partial charge in [-0.25, -0.2) is 0 Å². The molecular formula is C13H18N4OS. The van der Waals surface area contributed by atoms with Crippen LogP contribution in [0.3, 0.4) is 0 Å². The van der Waals surface area contributed by atoms with E-state index in [1.807, 2.05) is 26.1 Å². The molecule has 0 bridgehead atoms. The summed E-state index contributed by atoms with van der Waals surface area (Å²) in [6, 6.07) is 2.08. The second-order valence-electron chi connectivity index (χ2n) is 4.10. The summed E-state index contributed by atoms with van der Waals surface area (Å²) in [7, 11) is 0. The van der Waals surface area contributed by atoms with Crippen molar-refractivity contribution < 1.29 is 4.74 Å². The Morgan fingerprint density at radius 3 is 2.84 bits per heavy atom. The molecule has 0 aromatic carbocycles. The van der Waals surface area contributed by atoms with Crippen LogP contribution in [0.4, 0.5) is 0 Å². The van der Waals surface area contributed by atoms with Crippen molar-refractivity contribution in [3.05, 3.63) is 34.6 Å². The average Bonchev–Trinajstić information content (AvgIpc) is 2.83.